The molecule has 5 nitrogen and oxygen atoms in total. The molecule has 1 aliphatic rings. The molecule has 21 heavy (non-hydrogen) atoms. The predicted molar refractivity (Wildman–Crippen MR) is 85.4 cm³/mol. The van der Waals surface area contributed by atoms with Gasteiger partial charge in [0, 0.05) is 36.3 Å². The third kappa shape index (κ3) is 3.75. The summed E-state index contributed by atoms with van der Waals surface area (Å²) < 4.78 is 1.93. The second kappa shape index (κ2) is 6.47. The van der Waals surface area contributed by atoms with E-state index >= 15 is 0 Å². The van der Waals surface area contributed by atoms with Crippen molar-refractivity contribution in [3.05, 3.63) is 47.2 Å². The Bertz CT molecular complexity index is 580. The third-order valence-corrected chi connectivity index (χ3v) is 4.11. The fraction of sp³-hybridized carbons (Fsp3) is 0.400. The molecule has 1 aliphatic heterocycles. The van der Waals surface area contributed by atoms with Gasteiger partial charge in [0.15, 0.2) is 0 Å². The Morgan fingerprint density at radius 3 is 2.90 bits per heavy atom. The van der Waals surface area contributed by atoms with Gasteiger partial charge in [0.25, 0.3) is 0 Å². The molecule has 112 valence electrons. The first-order chi connectivity index (χ1) is 10.2. The van der Waals surface area contributed by atoms with E-state index in [9.17, 15) is 0 Å². The zero-order valence-corrected chi connectivity index (χ0v) is 12.8. The normalized spacial score (nSPS) is 21.6. The summed E-state index contributed by atoms with van der Waals surface area (Å²) >= 11 is 5.89. The van der Waals surface area contributed by atoms with Crippen LogP contribution in [0.15, 0.2) is 36.7 Å². The van der Waals surface area contributed by atoms with Crippen molar-refractivity contribution in [3.8, 4) is 0 Å². The molecule has 3 N–H and O–H groups in total. The summed E-state index contributed by atoms with van der Waals surface area (Å²) in [6.45, 7) is 4.87. The van der Waals surface area contributed by atoms with Gasteiger partial charge in [-0.3, -0.25) is 15.5 Å². The minimum absolute atomic E-state index is 0.488. The van der Waals surface area contributed by atoms with E-state index in [-0.39, 0.29) is 0 Å². The smallest absolute Gasteiger partial charge is 0.0726 e. The van der Waals surface area contributed by atoms with E-state index in [0.29, 0.717) is 12.0 Å². The monoisotopic (exact) mass is 305 g/mol. The molecular weight excluding hydrogens is 286 g/mol. The van der Waals surface area contributed by atoms with Crippen LogP contribution in [0.2, 0.25) is 5.02 Å². The van der Waals surface area contributed by atoms with E-state index in [2.05, 4.69) is 28.2 Å². The van der Waals surface area contributed by atoms with Crippen molar-refractivity contribution < 1.29 is 0 Å². The number of anilines is 1. The van der Waals surface area contributed by atoms with Crippen molar-refractivity contribution in [2.24, 2.45) is 5.92 Å². The van der Waals surface area contributed by atoms with Gasteiger partial charge in [-0.1, -0.05) is 23.7 Å². The van der Waals surface area contributed by atoms with Crippen LogP contribution in [0.25, 0.3) is 0 Å². The maximum atomic E-state index is 5.89. The second-order valence-electron chi connectivity index (χ2n) is 5.51. The maximum Gasteiger partial charge on any atom is 0.0726 e. The number of rotatable bonds is 5. The molecule has 1 saturated heterocycles. The Balaban J connectivity index is 1.54. The average molecular weight is 306 g/mol. The molecule has 2 aromatic rings. The van der Waals surface area contributed by atoms with Gasteiger partial charge < -0.3 is 5.32 Å². The van der Waals surface area contributed by atoms with Crippen LogP contribution in [0.3, 0.4) is 0 Å². The molecule has 0 amide bonds. The van der Waals surface area contributed by atoms with Gasteiger partial charge in [0.2, 0.25) is 0 Å². The molecule has 0 radical (unpaired) electrons. The minimum Gasteiger partial charge on any atom is -0.382 e. The van der Waals surface area contributed by atoms with Crippen LogP contribution in [0.5, 0.6) is 0 Å². The highest BCUT2D eigenvalue weighted by molar-refractivity contribution is 6.30. The molecule has 0 bridgehead atoms. The number of benzene rings is 1. The molecular formula is C15H20ClN5. The van der Waals surface area contributed by atoms with Crippen LogP contribution >= 0.6 is 11.6 Å². The molecule has 1 aromatic carbocycles. The summed E-state index contributed by atoms with van der Waals surface area (Å²) in [4.78, 5) is 0. The predicted octanol–water partition coefficient (Wildman–Crippen LogP) is 2.11. The maximum absolute atomic E-state index is 5.89. The molecule has 6 heteroatoms. The highest BCUT2D eigenvalue weighted by Crippen LogP contribution is 2.13. The molecule has 1 aromatic heterocycles. The molecule has 1 fully saturated rings. The van der Waals surface area contributed by atoms with E-state index in [1.165, 1.54) is 5.56 Å². The van der Waals surface area contributed by atoms with E-state index < -0.39 is 0 Å². The summed E-state index contributed by atoms with van der Waals surface area (Å²) in [6.07, 6.45) is 3.91. The molecule has 2 atom stereocenters. The lowest BCUT2D eigenvalue weighted by Gasteiger charge is -2.14. The Hall–Kier alpha value is -1.56. The number of hydrazine groups is 1. The number of nitrogens with one attached hydrogen (secondary N) is 3. The lowest BCUT2D eigenvalue weighted by molar-refractivity contribution is 0.509. The number of hydrogen-bond acceptors (Lipinski definition) is 4. The van der Waals surface area contributed by atoms with E-state index in [0.717, 1.165) is 30.3 Å². The zero-order valence-electron chi connectivity index (χ0n) is 12.0. The Labute approximate surface area is 129 Å². The van der Waals surface area contributed by atoms with Gasteiger partial charge in [-0.25, -0.2) is 0 Å². The van der Waals surface area contributed by atoms with E-state index in [4.69, 9.17) is 11.6 Å². The van der Waals surface area contributed by atoms with Crippen LogP contribution in [-0.4, -0.2) is 28.9 Å². The van der Waals surface area contributed by atoms with Gasteiger partial charge in [-0.05, 0) is 24.6 Å². The standard InChI is InChI=1S/C15H20ClN5/c1-11-13(7-18-20-11)6-17-15-8-19-21(10-15)9-12-2-4-14(16)5-3-12/h2-5,8,10-11,13,17-18,20H,6-7,9H2,1H3. The molecule has 3 rings (SSSR count). The second-order valence-corrected chi connectivity index (χ2v) is 5.94. The van der Waals surface area contributed by atoms with Crippen LogP contribution in [0.4, 0.5) is 5.69 Å². The quantitative estimate of drug-likeness (QED) is 0.792. The fourth-order valence-corrected chi connectivity index (χ4v) is 2.59. The minimum atomic E-state index is 0.488. The SMILES string of the molecule is CC1NNCC1CNc1cnn(Cc2ccc(Cl)cc2)c1. The van der Waals surface area contributed by atoms with Crippen molar-refractivity contribution in [2.45, 2.75) is 19.5 Å². The molecule has 0 aliphatic carbocycles. The van der Waals surface area contributed by atoms with Gasteiger partial charge >= 0.3 is 0 Å². The lowest BCUT2D eigenvalue weighted by Crippen LogP contribution is -2.30. The van der Waals surface area contributed by atoms with Crippen LogP contribution < -0.4 is 16.2 Å². The summed E-state index contributed by atoms with van der Waals surface area (Å²) in [5.74, 6) is 0.588. The number of nitrogens with zero attached hydrogens (tertiary/aromatic N) is 2. The van der Waals surface area contributed by atoms with E-state index in [1.54, 1.807) is 0 Å². The van der Waals surface area contributed by atoms with Crippen molar-refractivity contribution in [1.82, 2.24) is 20.6 Å². The van der Waals surface area contributed by atoms with Gasteiger partial charge in [-0.2, -0.15) is 5.10 Å². The number of hydrogen-bond donors (Lipinski definition) is 3. The molecule has 0 saturated carbocycles. The Morgan fingerprint density at radius 2 is 2.19 bits per heavy atom. The highest BCUT2D eigenvalue weighted by atomic mass is 35.5. The highest BCUT2D eigenvalue weighted by Gasteiger charge is 2.22. The molecule has 2 heterocycles. The van der Waals surface area contributed by atoms with Gasteiger partial charge in [0.1, 0.15) is 0 Å². The summed E-state index contributed by atoms with van der Waals surface area (Å²) in [5.41, 5.74) is 8.65. The summed E-state index contributed by atoms with van der Waals surface area (Å²) in [5, 5.41) is 8.59. The van der Waals surface area contributed by atoms with Crippen LogP contribution in [0.1, 0.15) is 12.5 Å². The molecule has 2 unspecified atom stereocenters. The number of halogens is 1. The summed E-state index contributed by atoms with van der Waals surface area (Å²) in [7, 11) is 0. The van der Waals surface area contributed by atoms with Crippen molar-refractivity contribution in [2.75, 3.05) is 18.4 Å². The first-order valence-corrected chi connectivity index (χ1v) is 7.57. The van der Waals surface area contributed by atoms with Crippen molar-refractivity contribution >= 4 is 17.3 Å². The van der Waals surface area contributed by atoms with Crippen molar-refractivity contribution in [3.63, 3.8) is 0 Å². The first-order valence-electron chi connectivity index (χ1n) is 7.20. The van der Waals surface area contributed by atoms with Crippen LogP contribution in [-0.2, 0) is 6.54 Å². The van der Waals surface area contributed by atoms with E-state index in [1.807, 2.05) is 41.3 Å². The Kier molecular flexibility index (Phi) is 4.43. The van der Waals surface area contributed by atoms with Crippen molar-refractivity contribution in [1.29, 1.82) is 0 Å². The fourth-order valence-electron chi connectivity index (χ4n) is 2.46. The summed E-state index contributed by atoms with van der Waals surface area (Å²) in [6, 6.07) is 8.34. The molecule has 0 spiro atoms. The van der Waals surface area contributed by atoms with Gasteiger partial charge in [0.05, 0.1) is 18.4 Å². The number of aromatic nitrogens is 2. The lowest BCUT2D eigenvalue weighted by atomic mass is 10.0. The Morgan fingerprint density at radius 1 is 1.38 bits per heavy atom. The largest absolute Gasteiger partial charge is 0.382 e. The van der Waals surface area contributed by atoms with Gasteiger partial charge in [-0.15, -0.1) is 0 Å². The average Bonchev–Trinajstić information content (AvgIpc) is 3.08. The van der Waals surface area contributed by atoms with Crippen LogP contribution in [0, 0.1) is 5.92 Å². The first kappa shape index (κ1) is 14.4. The third-order valence-electron chi connectivity index (χ3n) is 3.86. The topological polar surface area (TPSA) is 53.9 Å². The zero-order chi connectivity index (χ0) is 14.7.